The maximum Gasteiger partial charge on any atom is 0.322 e. The van der Waals surface area contributed by atoms with Gasteiger partial charge in [-0.2, -0.15) is 5.26 Å². The van der Waals surface area contributed by atoms with Crippen LogP contribution in [0.1, 0.15) is 24.0 Å². The number of benzene rings is 2. The summed E-state index contributed by atoms with van der Waals surface area (Å²) in [7, 11) is 0. The molecule has 7 heteroatoms. The minimum absolute atomic E-state index is 0.0116. The van der Waals surface area contributed by atoms with Crippen LogP contribution >= 0.6 is 0 Å². The van der Waals surface area contributed by atoms with Gasteiger partial charge in [0.2, 0.25) is 5.91 Å². The Bertz CT molecular complexity index is 905. The van der Waals surface area contributed by atoms with Crippen LogP contribution < -0.4 is 16.0 Å². The molecule has 2 aromatic carbocycles. The second-order valence-electron chi connectivity index (χ2n) is 5.89. The lowest BCUT2D eigenvalue weighted by Crippen LogP contribution is -2.44. The largest absolute Gasteiger partial charge is 0.325 e. The molecular formula is C19H16N4O3. The summed E-state index contributed by atoms with van der Waals surface area (Å²) in [5, 5.41) is 16.6. The van der Waals surface area contributed by atoms with Crippen LogP contribution in [0.4, 0.5) is 10.5 Å². The number of para-hydroxylation sites is 1. The summed E-state index contributed by atoms with van der Waals surface area (Å²) in [5.41, 5.74) is 0.0810. The third-order valence-corrected chi connectivity index (χ3v) is 4.26. The van der Waals surface area contributed by atoms with Gasteiger partial charge in [0.25, 0.3) is 5.91 Å². The molecule has 4 amide bonds. The number of hydrogen-bond donors (Lipinski definition) is 3. The van der Waals surface area contributed by atoms with Gasteiger partial charge in [-0.1, -0.05) is 42.5 Å². The average molecular weight is 348 g/mol. The van der Waals surface area contributed by atoms with Gasteiger partial charge < -0.3 is 10.6 Å². The molecule has 0 spiro atoms. The van der Waals surface area contributed by atoms with Crippen LogP contribution in [0.5, 0.6) is 0 Å². The Morgan fingerprint density at radius 3 is 2.42 bits per heavy atom. The molecule has 1 aliphatic rings. The molecule has 1 aliphatic heterocycles. The topological polar surface area (TPSA) is 111 Å². The van der Waals surface area contributed by atoms with Crippen LogP contribution in [0.3, 0.4) is 0 Å². The van der Waals surface area contributed by atoms with Crippen molar-refractivity contribution in [2.45, 2.75) is 18.4 Å². The van der Waals surface area contributed by atoms with E-state index in [0.717, 1.165) is 0 Å². The molecule has 130 valence electrons. The molecule has 3 N–H and O–H groups in total. The zero-order valence-corrected chi connectivity index (χ0v) is 13.8. The molecule has 1 atom stereocenters. The van der Waals surface area contributed by atoms with E-state index in [1.807, 2.05) is 6.07 Å². The molecular weight excluding hydrogens is 332 g/mol. The van der Waals surface area contributed by atoms with Crippen molar-refractivity contribution in [3.8, 4) is 6.07 Å². The highest BCUT2D eigenvalue weighted by atomic mass is 16.2. The standard InChI is InChI=1S/C19H16N4O3/c20-12-13-6-4-5-9-15(13)21-16(24)10-11-19(14-7-2-1-3-8-14)17(25)22-18(26)23-19/h1-9H,10-11H2,(H,21,24)(H2,22,23,25,26). The van der Waals surface area contributed by atoms with E-state index in [4.69, 9.17) is 5.26 Å². The van der Waals surface area contributed by atoms with Crippen molar-refractivity contribution < 1.29 is 14.4 Å². The SMILES string of the molecule is N#Cc1ccccc1NC(=O)CCC1(c2ccccc2)NC(=O)NC1=O. The first kappa shape index (κ1) is 17.2. The first-order valence-electron chi connectivity index (χ1n) is 8.03. The van der Waals surface area contributed by atoms with Crippen molar-refractivity contribution in [2.75, 3.05) is 5.32 Å². The first-order chi connectivity index (χ1) is 12.5. The molecule has 0 aliphatic carbocycles. The van der Waals surface area contributed by atoms with Gasteiger partial charge in [-0.3, -0.25) is 14.9 Å². The number of carbonyl (C=O) groups is 3. The fraction of sp³-hybridized carbons (Fsp3) is 0.158. The molecule has 1 unspecified atom stereocenters. The van der Waals surface area contributed by atoms with E-state index in [-0.39, 0.29) is 18.7 Å². The Morgan fingerprint density at radius 1 is 1.08 bits per heavy atom. The number of anilines is 1. The molecule has 1 saturated heterocycles. The smallest absolute Gasteiger partial charge is 0.322 e. The lowest BCUT2D eigenvalue weighted by atomic mass is 9.85. The van der Waals surface area contributed by atoms with E-state index < -0.39 is 17.5 Å². The minimum atomic E-state index is -1.29. The van der Waals surface area contributed by atoms with Crippen LogP contribution in [-0.2, 0) is 15.1 Å². The van der Waals surface area contributed by atoms with Crippen LogP contribution in [0.15, 0.2) is 54.6 Å². The van der Waals surface area contributed by atoms with Crippen molar-refractivity contribution in [1.29, 1.82) is 5.26 Å². The fourth-order valence-electron chi connectivity index (χ4n) is 2.94. The van der Waals surface area contributed by atoms with E-state index in [1.54, 1.807) is 54.6 Å². The quantitative estimate of drug-likeness (QED) is 0.718. The number of carbonyl (C=O) groups excluding carboxylic acids is 3. The number of urea groups is 1. The molecule has 0 saturated carbocycles. The Hall–Kier alpha value is -3.66. The van der Waals surface area contributed by atoms with Crippen LogP contribution in [0.25, 0.3) is 0 Å². The average Bonchev–Trinajstić information content (AvgIpc) is 2.95. The first-order valence-corrected chi connectivity index (χ1v) is 8.03. The second kappa shape index (κ2) is 7.07. The van der Waals surface area contributed by atoms with Gasteiger partial charge in [0.15, 0.2) is 0 Å². The van der Waals surface area contributed by atoms with Gasteiger partial charge in [-0.25, -0.2) is 4.79 Å². The summed E-state index contributed by atoms with van der Waals surface area (Å²) in [6.07, 6.45) is 0.0809. The lowest BCUT2D eigenvalue weighted by molar-refractivity contribution is -0.125. The zero-order chi connectivity index (χ0) is 18.6. The van der Waals surface area contributed by atoms with Crippen LogP contribution in [0, 0.1) is 11.3 Å². The van der Waals surface area contributed by atoms with Gasteiger partial charge in [-0.05, 0) is 24.1 Å². The summed E-state index contributed by atoms with van der Waals surface area (Å²) in [4.78, 5) is 36.4. The molecule has 1 fully saturated rings. The highest BCUT2D eigenvalue weighted by Crippen LogP contribution is 2.30. The Labute approximate surface area is 150 Å². The number of nitrogens with one attached hydrogen (secondary N) is 3. The Kier molecular flexibility index (Phi) is 4.67. The number of hydrogen-bond acceptors (Lipinski definition) is 4. The van der Waals surface area contributed by atoms with Crippen LogP contribution in [0.2, 0.25) is 0 Å². The number of rotatable bonds is 5. The second-order valence-corrected chi connectivity index (χ2v) is 5.89. The maximum absolute atomic E-state index is 12.4. The van der Waals surface area contributed by atoms with E-state index in [9.17, 15) is 14.4 Å². The molecule has 0 bridgehead atoms. The Balaban J connectivity index is 1.77. The monoisotopic (exact) mass is 348 g/mol. The van der Waals surface area contributed by atoms with Crippen molar-refractivity contribution in [1.82, 2.24) is 10.6 Å². The Morgan fingerprint density at radius 2 is 1.77 bits per heavy atom. The lowest BCUT2D eigenvalue weighted by Gasteiger charge is -2.26. The number of nitriles is 1. The third-order valence-electron chi connectivity index (χ3n) is 4.26. The van der Waals surface area contributed by atoms with E-state index in [2.05, 4.69) is 16.0 Å². The summed E-state index contributed by atoms with van der Waals surface area (Å²) >= 11 is 0. The summed E-state index contributed by atoms with van der Waals surface area (Å²) in [5.74, 6) is -0.837. The van der Waals surface area contributed by atoms with Gasteiger partial charge >= 0.3 is 6.03 Å². The highest BCUT2D eigenvalue weighted by molar-refractivity contribution is 6.07. The van der Waals surface area contributed by atoms with E-state index in [1.165, 1.54) is 0 Å². The van der Waals surface area contributed by atoms with Gasteiger partial charge in [0.05, 0.1) is 11.3 Å². The van der Waals surface area contributed by atoms with Crippen LogP contribution in [-0.4, -0.2) is 17.8 Å². The summed E-state index contributed by atoms with van der Waals surface area (Å²) < 4.78 is 0. The van der Waals surface area contributed by atoms with Crippen molar-refractivity contribution in [3.63, 3.8) is 0 Å². The van der Waals surface area contributed by atoms with Crippen molar-refractivity contribution in [2.24, 2.45) is 0 Å². The predicted octanol–water partition coefficient (Wildman–Crippen LogP) is 2.01. The molecule has 2 aromatic rings. The van der Waals surface area contributed by atoms with E-state index in [0.29, 0.717) is 16.8 Å². The molecule has 3 rings (SSSR count). The van der Waals surface area contributed by atoms with E-state index >= 15 is 0 Å². The fourth-order valence-corrected chi connectivity index (χ4v) is 2.94. The highest BCUT2D eigenvalue weighted by Gasteiger charge is 2.47. The van der Waals surface area contributed by atoms with Crippen molar-refractivity contribution >= 4 is 23.5 Å². The summed E-state index contributed by atoms with van der Waals surface area (Å²) in [6, 6.07) is 16.9. The zero-order valence-electron chi connectivity index (χ0n) is 13.8. The molecule has 0 radical (unpaired) electrons. The van der Waals surface area contributed by atoms with Gasteiger partial charge in [0.1, 0.15) is 11.6 Å². The molecule has 1 heterocycles. The predicted molar refractivity (Wildman–Crippen MR) is 93.8 cm³/mol. The maximum atomic E-state index is 12.4. The molecule has 0 aromatic heterocycles. The van der Waals surface area contributed by atoms with Gasteiger partial charge in [-0.15, -0.1) is 0 Å². The number of imide groups is 1. The molecule has 7 nitrogen and oxygen atoms in total. The van der Waals surface area contributed by atoms with Crippen molar-refractivity contribution in [3.05, 3.63) is 65.7 Å². The normalized spacial score (nSPS) is 18.6. The van der Waals surface area contributed by atoms with Gasteiger partial charge in [0, 0.05) is 6.42 Å². The minimum Gasteiger partial charge on any atom is -0.325 e. The molecule has 26 heavy (non-hydrogen) atoms. The number of amides is 4. The summed E-state index contributed by atoms with van der Waals surface area (Å²) in [6.45, 7) is 0. The third kappa shape index (κ3) is 3.26. The number of nitrogens with zero attached hydrogens (tertiary/aromatic N) is 1.